The highest BCUT2D eigenvalue weighted by atomic mass is 16.5. The normalized spacial score (nSPS) is 11.1. The summed E-state index contributed by atoms with van der Waals surface area (Å²) >= 11 is 0. The third kappa shape index (κ3) is 6.59. The Balaban J connectivity index is 2.59. The Bertz CT molecular complexity index is 640. The van der Waals surface area contributed by atoms with E-state index in [2.05, 4.69) is 20.9 Å². The SMILES string of the molecule is COC(=O)C=CC(=CCNCc1ccc(C#N)cc1)C(=O)OC. The van der Waals surface area contributed by atoms with Crippen LogP contribution in [0.2, 0.25) is 0 Å². The van der Waals surface area contributed by atoms with E-state index in [1.165, 1.54) is 20.3 Å². The van der Waals surface area contributed by atoms with Crippen molar-refractivity contribution in [3.8, 4) is 6.07 Å². The van der Waals surface area contributed by atoms with Gasteiger partial charge in [-0.15, -0.1) is 0 Å². The van der Waals surface area contributed by atoms with Crippen LogP contribution in [0.3, 0.4) is 0 Å². The fraction of sp³-hybridized carbons (Fsp3) is 0.235. The molecule has 0 aromatic heterocycles. The molecule has 1 aromatic carbocycles. The summed E-state index contributed by atoms with van der Waals surface area (Å²) in [5.74, 6) is -1.09. The Morgan fingerprint density at radius 3 is 2.43 bits per heavy atom. The second kappa shape index (κ2) is 9.92. The van der Waals surface area contributed by atoms with Gasteiger partial charge in [0.2, 0.25) is 0 Å². The monoisotopic (exact) mass is 314 g/mol. The minimum atomic E-state index is -0.551. The van der Waals surface area contributed by atoms with Crippen LogP contribution in [0.5, 0.6) is 0 Å². The number of nitrogens with zero attached hydrogens (tertiary/aromatic N) is 1. The van der Waals surface area contributed by atoms with Crippen molar-refractivity contribution in [1.29, 1.82) is 5.26 Å². The first kappa shape index (κ1) is 18.1. The average Bonchev–Trinajstić information content (AvgIpc) is 2.60. The summed E-state index contributed by atoms with van der Waals surface area (Å²) < 4.78 is 9.12. The lowest BCUT2D eigenvalue weighted by Gasteiger charge is -2.04. The molecule has 0 bridgehead atoms. The quantitative estimate of drug-likeness (QED) is 0.355. The molecule has 6 heteroatoms. The van der Waals surface area contributed by atoms with E-state index >= 15 is 0 Å². The summed E-state index contributed by atoms with van der Waals surface area (Å²) in [6, 6.07) is 9.25. The van der Waals surface area contributed by atoms with Gasteiger partial charge in [0.1, 0.15) is 0 Å². The van der Waals surface area contributed by atoms with Crippen molar-refractivity contribution in [1.82, 2.24) is 5.32 Å². The summed E-state index contributed by atoms with van der Waals surface area (Å²) in [6.45, 7) is 0.993. The summed E-state index contributed by atoms with van der Waals surface area (Å²) in [4.78, 5) is 22.7. The van der Waals surface area contributed by atoms with Crippen LogP contribution in [0.25, 0.3) is 0 Å². The summed E-state index contributed by atoms with van der Waals surface area (Å²) in [5.41, 5.74) is 1.88. The molecule has 0 unspecified atom stereocenters. The van der Waals surface area contributed by atoms with Crippen LogP contribution in [-0.4, -0.2) is 32.7 Å². The third-order valence-corrected chi connectivity index (χ3v) is 2.90. The lowest BCUT2D eigenvalue weighted by Crippen LogP contribution is -2.15. The maximum absolute atomic E-state index is 11.6. The zero-order chi connectivity index (χ0) is 17.1. The van der Waals surface area contributed by atoms with E-state index < -0.39 is 11.9 Å². The third-order valence-electron chi connectivity index (χ3n) is 2.90. The topological polar surface area (TPSA) is 88.4 Å². The minimum absolute atomic E-state index is 0.255. The Hall–Kier alpha value is -2.91. The van der Waals surface area contributed by atoms with Crippen molar-refractivity contribution < 1.29 is 19.1 Å². The fourth-order valence-corrected chi connectivity index (χ4v) is 1.66. The van der Waals surface area contributed by atoms with Crippen LogP contribution in [-0.2, 0) is 25.6 Å². The van der Waals surface area contributed by atoms with Gasteiger partial charge in [0.15, 0.2) is 0 Å². The zero-order valence-corrected chi connectivity index (χ0v) is 13.0. The molecule has 1 aromatic rings. The van der Waals surface area contributed by atoms with Gasteiger partial charge in [-0.05, 0) is 23.8 Å². The van der Waals surface area contributed by atoms with Crippen LogP contribution < -0.4 is 5.32 Å². The molecule has 0 aliphatic heterocycles. The van der Waals surface area contributed by atoms with Crippen molar-refractivity contribution in [2.45, 2.75) is 6.54 Å². The number of benzene rings is 1. The van der Waals surface area contributed by atoms with Crippen molar-refractivity contribution in [2.75, 3.05) is 20.8 Å². The van der Waals surface area contributed by atoms with Crippen LogP contribution >= 0.6 is 0 Å². The van der Waals surface area contributed by atoms with Crippen LogP contribution in [0.15, 0.2) is 48.1 Å². The van der Waals surface area contributed by atoms with Crippen molar-refractivity contribution >= 4 is 11.9 Å². The van der Waals surface area contributed by atoms with Gasteiger partial charge in [0.05, 0.1) is 31.4 Å². The van der Waals surface area contributed by atoms with Crippen molar-refractivity contribution in [3.63, 3.8) is 0 Å². The predicted molar refractivity (Wildman–Crippen MR) is 84.1 cm³/mol. The second-order valence-corrected chi connectivity index (χ2v) is 4.45. The Kier molecular flexibility index (Phi) is 7.83. The Labute approximate surface area is 135 Å². The molecular weight excluding hydrogens is 296 g/mol. The maximum Gasteiger partial charge on any atom is 0.337 e. The van der Waals surface area contributed by atoms with Crippen molar-refractivity contribution in [3.05, 3.63) is 59.2 Å². The van der Waals surface area contributed by atoms with Gasteiger partial charge < -0.3 is 14.8 Å². The van der Waals surface area contributed by atoms with E-state index in [0.29, 0.717) is 18.7 Å². The highest BCUT2D eigenvalue weighted by Gasteiger charge is 2.06. The van der Waals surface area contributed by atoms with E-state index in [1.54, 1.807) is 18.2 Å². The first-order valence-corrected chi connectivity index (χ1v) is 6.85. The maximum atomic E-state index is 11.6. The van der Waals surface area contributed by atoms with Crippen LogP contribution in [0.4, 0.5) is 0 Å². The number of ether oxygens (including phenoxy) is 2. The molecule has 0 saturated carbocycles. The molecule has 23 heavy (non-hydrogen) atoms. The molecule has 0 heterocycles. The molecule has 0 amide bonds. The minimum Gasteiger partial charge on any atom is -0.466 e. The molecule has 0 aliphatic rings. The van der Waals surface area contributed by atoms with E-state index in [1.807, 2.05) is 12.1 Å². The summed E-state index contributed by atoms with van der Waals surface area (Å²) in [6.07, 6.45) is 4.12. The van der Waals surface area contributed by atoms with E-state index in [-0.39, 0.29) is 5.57 Å². The first-order valence-electron chi connectivity index (χ1n) is 6.85. The first-order chi connectivity index (χ1) is 11.1. The largest absolute Gasteiger partial charge is 0.466 e. The second-order valence-electron chi connectivity index (χ2n) is 4.45. The van der Waals surface area contributed by atoms with Gasteiger partial charge >= 0.3 is 11.9 Å². The van der Waals surface area contributed by atoms with Crippen LogP contribution in [0, 0.1) is 11.3 Å². The molecule has 0 radical (unpaired) electrons. The number of methoxy groups -OCH3 is 2. The molecule has 0 atom stereocenters. The molecule has 0 spiro atoms. The molecule has 1 rings (SSSR count). The van der Waals surface area contributed by atoms with E-state index in [0.717, 1.165) is 11.6 Å². The highest BCUT2D eigenvalue weighted by Crippen LogP contribution is 2.03. The van der Waals surface area contributed by atoms with Gasteiger partial charge in [-0.25, -0.2) is 9.59 Å². The molecular formula is C17H18N2O4. The van der Waals surface area contributed by atoms with E-state index in [9.17, 15) is 9.59 Å². The zero-order valence-electron chi connectivity index (χ0n) is 13.0. The highest BCUT2D eigenvalue weighted by molar-refractivity contribution is 5.93. The van der Waals surface area contributed by atoms with Gasteiger partial charge in [0, 0.05) is 19.2 Å². The predicted octanol–water partition coefficient (Wildman–Crippen LogP) is 1.48. The molecule has 1 N–H and O–H groups in total. The molecule has 6 nitrogen and oxygen atoms in total. The Morgan fingerprint density at radius 1 is 1.17 bits per heavy atom. The standard InChI is InChI=1S/C17H18N2O4/c1-22-16(20)8-7-15(17(21)23-2)9-10-19-12-14-5-3-13(11-18)4-6-14/h3-9,19H,10,12H2,1-2H3. The lowest BCUT2D eigenvalue weighted by atomic mass is 10.1. The summed E-state index contributed by atoms with van der Waals surface area (Å²) in [5, 5.41) is 11.9. The number of rotatable bonds is 7. The van der Waals surface area contributed by atoms with Gasteiger partial charge in [-0.3, -0.25) is 0 Å². The van der Waals surface area contributed by atoms with E-state index in [4.69, 9.17) is 5.26 Å². The summed E-state index contributed by atoms with van der Waals surface area (Å²) in [7, 11) is 2.53. The molecule has 0 saturated heterocycles. The number of hydrogen-bond acceptors (Lipinski definition) is 6. The molecule has 120 valence electrons. The lowest BCUT2D eigenvalue weighted by molar-refractivity contribution is -0.135. The number of carbonyl (C=O) groups is 2. The van der Waals surface area contributed by atoms with Gasteiger partial charge in [0.25, 0.3) is 0 Å². The average molecular weight is 314 g/mol. The molecule has 0 fully saturated rings. The number of hydrogen-bond donors (Lipinski definition) is 1. The van der Waals surface area contributed by atoms with Crippen LogP contribution in [0.1, 0.15) is 11.1 Å². The number of carbonyl (C=O) groups excluding carboxylic acids is 2. The number of esters is 2. The van der Waals surface area contributed by atoms with Gasteiger partial charge in [-0.2, -0.15) is 5.26 Å². The number of nitrogens with one attached hydrogen (secondary N) is 1. The van der Waals surface area contributed by atoms with Gasteiger partial charge in [-0.1, -0.05) is 18.2 Å². The number of nitriles is 1. The molecule has 0 aliphatic carbocycles. The Morgan fingerprint density at radius 2 is 1.87 bits per heavy atom. The smallest absolute Gasteiger partial charge is 0.337 e. The fourth-order valence-electron chi connectivity index (χ4n) is 1.66. The van der Waals surface area contributed by atoms with Crippen molar-refractivity contribution in [2.24, 2.45) is 0 Å².